The Morgan fingerprint density at radius 2 is 2.00 bits per heavy atom. The Balaban J connectivity index is 1.99. The van der Waals surface area contributed by atoms with E-state index in [1.165, 1.54) is 16.8 Å². The molecule has 0 bridgehead atoms. The van der Waals surface area contributed by atoms with E-state index in [9.17, 15) is 0 Å². The van der Waals surface area contributed by atoms with Gasteiger partial charge in [-0.1, -0.05) is 26.0 Å². The van der Waals surface area contributed by atoms with Crippen LogP contribution < -0.4 is 5.32 Å². The van der Waals surface area contributed by atoms with Crippen LogP contribution in [0.25, 0.3) is 0 Å². The van der Waals surface area contributed by atoms with Crippen LogP contribution in [0.4, 0.5) is 5.69 Å². The number of nitrogens with zero attached hydrogens (tertiary/aromatic N) is 3. The van der Waals surface area contributed by atoms with Crippen LogP contribution in [0.2, 0.25) is 0 Å². The van der Waals surface area contributed by atoms with Gasteiger partial charge in [0.1, 0.15) is 0 Å². The van der Waals surface area contributed by atoms with E-state index in [-0.39, 0.29) is 0 Å². The number of aromatic nitrogens is 2. The molecule has 2 rings (SSSR count). The Morgan fingerprint density at radius 3 is 2.62 bits per heavy atom. The SMILES string of the molecule is CCN(CC)Cc1cccc(NCc2cn(C)nc2C)c1. The first-order chi connectivity index (χ1) is 10.1. The summed E-state index contributed by atoms with van der Waals surface area (Å²) in [5.41, 5.74) is 4.85. The normalized spacial score (nSPS) is 11.1. The molecule has 0 unspecified atom stereocenters. The van der Waals surface area contributed by atoms with Crippen molar-refractivity contribution in [3.8, 4) is 0 Å². The van der Waals surface area contributed by atoms with Crippen molar-refractivity contribution in [2.24, 2.45) is 7.05 Å². The zero-order chi connectivity index (χ0) is 15.2. The lowest BCUT2D eigenvalue weighted by atomic mass is 10.1. The molecule has 0 atom stereocenters. The van der Waals surface area contributed by atoms with Crippen LogP contribution in [0, 0.1) is 6.92 Å². The number of anilines is 1. The van der Waals surface area contributed by atoms with E-state index >= 15 is 0 Å². The lowest BCUT2D eigenvalue weighted by molar-refractivity contribution is 0.296. The Labute approximate surface area is 127 Å². The first-order valence-electron chi connectivity index (χ1n) is 7.66. The van der Waals surface area contributed by atoms with E-state index in [0.29, 0.717) is 0 Å². The van der Waals surface area contributed by atoms with Gasteiger partial charge >= 0.3 is 0 Å². The molecule has 4 nitrogen and oxygen atoms in total. The summed E-state index contributed by atoms with van der Waals surface area (Å²) in [7, 11) is 1.96. The minimum absolute atomic E-state index is 0.814. The molecule has 1 N–H and O–H groups in total. The van der Waals surface area contributed by atoms with E-state index in [4.69, 9.17) is 0 Å². The van der Waals surface area contributed by atoms with Crippen LogP contribution >= 0.6 is 0 Å². The van der Waals surface area contributed by atoms with Crippen molar-refractivity contribution in [1.82, 2.24) is 14.7 Å². The average Bonchev–Trinajstić information content (AvgIpc) is 2.81. The molecule has 1 aromatic heterocycles. The van der Waals surface area contributed by atoms with Gasteiger partial charge in [-0.15, -0.1) is 0 Å². The van der Waals surface area contributed by atoms with Gasteiger partial charge in [-0.05, 0) is 37.7 Å². The zero-order valence-electron chi connectivity index (χ0n) is 13.6. The van der Waals surface area contributed by atoms with Crippen molar-refractivity contribution in [3.05, 3.63) is 47.3 Å². The maximum Gasteiger partial charge on any atom is 0.0643 e. The number of nitrogens with one attached hydrogen (secondary N) is 1. The molecule has 0 amide bonds. The molecule has 0 fully saturated rings. The fourth-order valence-electron chi connectivity index (χ4n) is 2.50. The molecule has 0 spiro atoms. The van der Waals surface area contributed by atoms with Crippen molar-refractivity contribution < 1.29 is 0 Å². The van der Waals surface area contributed by atoms with Gasteiger partial charge in [-0.3, -0.25) is 9.58 Å². The van der Waals surface area contributed by atoms with E-state index in [0.717, 1.165) is 31.9 Å². The molecule has 0 aliphatic carbocycles. The van der Waals surface area contributed by atoms with Crippen LogP contribution in [-0.4, -0.2) is 27.8 Å². The summed E-state index contributed by atoms with van der Waals surface area (Å²) in [4.78, 5) is 2.42. The largest absolute Gasteiger partial charge is 0.381 e. The molecule has 0 saturated heterocycles. The van der Waals surface area contributed by atoms with Crippen molar-refractivity contribution in [3.63, 3.8) is 0 Å². The molecule has 114 valence electrons. The quantitative estimate of drug-likeness (QED) is 0.848. The number of hydrogen-bond donors (Lipinski definition) is 1. The number of aryl methyl sites for hydroxylation is 2. The van der Waals surface area contributed by atoms with Gasteiger partial charge in [0.15, 0.2) is 0 Å². The molecular weight excluding hydrogens is 260 g/mol. The predicted octanol–water partition coefficient (Wildman–Crippen LogP) is 3.18. The number of hydrogen-bond acceptors (Lipinski definition) is 3. The summed E-state index contributed by atoms with van der Waals surface area (Å²) in [6.45, 7) is 10.5. The Kier molecular flexibility index (Phi) is 5.39. The van der Waals surface area contributed by atoms with Crippen molar-refractivity contribution in [1.29, 1.82) is 0 Å². The van der Waals surface area contributed by atoms with E-state index < -0.39 is 0 Å². The third-order valence-electron chi connectivity index (χ3n) is 3.83. The van der Waals surface area contributed by atoms with Crippen LogP contribution in [0.1, 0.15) is 30.7 Å². The van der Waals surface area contributed by atoms with Gasteiger partial charge in [0.25, 0.3) is 0 Å². The highest BCUT2D eigenvalue weighted by Crippen LogP contribution is 2.15. The molecule has 2 aromatic rings. The smallest absolute Gasteiger partial charge is 0.0643 e. The van der Waals surface area contributed by atoms with Gasteiger partial charge < -0.3 is 5.32 Å². The average molecular weight is 286 g/mol. The standard InChI is InChI=1S/C17H26N4/c1-5-21(6-2)12-15-8-7-9-17(10-15)18-11-16-13-20(4)19-14(16)3/h7-10,13,18H,5-6,11-12H2,1-4H3. The summed E-state index contributed by atoms with van der Waals surface area (Å²) in [5.74, 6) is 0. The van der Waals surface area contributed by atoms with Crippen LogP contribution in [0.15, 0.2) is 30.5 Å². The topological polar surface area (TPSA) is 33.1 Å². The van der Waals surface area contributed by atoms with Crippen molar-refractivity contribution >= 4 is 5.69 Å². The molecule has 0 radical (unpaired) electrons. The third-order valence-corrected chi connectivity index (χ3v) is 3.83. The maximum atomic E-state index is 4.37. The molecular formula is C17H26N4. The summed E-state index contributed by atoms with van der Waals surface area (Å²) in [6.07, 6.45) is 2.07. The summed E-state index contributed by atoms with van der Waals surface area (Å²) in [5, 5.41) is 7.87. The predicted molar refractivity (Wildman–Crippen MR) is 88.3 cm³/mol. The molecule has 1 heterocycles. The third kappa shape index (κ3) is 4.33. The highest BCUT2D eigenvalue weighted by Gasteiger charge is 2.04. The first-order valence-corrected chi connectivity index (χ1v) is 7.66. The van der Waals surface area contributed by atoms with Crippen LogP contribution in [0.5, 0.6) is 0 Å². The van der Waals surface area contributed by atoms with E-state index in [2.05, 4.69) is 59.6 Å². The molecule has 4 heteroatoms. The summed E-state index contributed by atoms with van der Waals surface area (Å²) in [6, 6.07) is 8.68. The lowest BCUT2D eigenvalue weighted by Gasteiger charge is -2.18. The zero-order valence-corrected chi connectivity index (χ0v) is 13.6. The fourth-order valence-corrected chi connectivity index (χ4v) is 2.50. The van der Waals surface area contributed by atoms with Gasteiger partial charge in [0, 0.05) is 37.6 Å². The number of rotatable bonds is 7. The van der Waals surface area contributed by atoms with Crippen LogP contribution in [0.3, 0.4) is 0 Å². The number of benzene rings is 1. The van der Waals surface area contributed by atoms with Crippen molar-refractivity contribution in [2.75, 3.05) is 18.4 Å². The lowest BCUT2D eigenvalue weighted by Crippen LogP contribution is -2.22. The summed E-state index contributed by atoms with van der Waals surface area (Å²) >= 11 is 0. The van der Waals surface area contributed by atoms with Gasteiger partial charge in [0.05, 0.1) is 5.69 Å². The second-order valence-electron chi connectivity index (χ2n) is 5.43. The van der Waals surface area contributed by atoms with Gasteiger partial charge in [-0.2, -0.15) is 5.10 Å². The molecule has 0 aliphatic heterocycles. The second kappa shape index (κ2) is 7.27. The second-order valence-corrected chi connectivity index (χ2v) is 5.43. The van der Waals surface area contributed by atoms with E-state index in [1.807, 2.05) is 18.7 Å². The molecule has 0 aliphatic rings. The minimum Gasteiger partial charge on any atom is -0.381 e. The molecule has 0 saturated carbocycles. The van der Waals surface area contributed by atoms with Crippen LogP contribution in [-0.2, 0) is 20.1 Å². The monoisotopic (exact) mass is 286 g/mol. The molecule has 1 aromatic carbocycles. The minimum atomic E-state index is 0.814. The first kappa shape index (κ1) is 15.6. The molecule has 21 heavy (non-hydrogen) atoms. The van der Waals surface area contributed by atoms with Gasteiger partial charge in [0.2, 0.25) is 0 Å². The Morgan fingerprint density at radius 1 is 1.24 bits per heavy atom. The van der Waals surface area contributed by atoms with Gasteiger partial charge in [-0.25, -0.2) is 0 Å². The highest BCUT2D eigenvalue weighted by molar-refractivity contribution is 5.46. The fraction of sp³-hybridized carbons (Fsp3) is 0.471. The summed E-state index contributed by atoms with van der Waals surface area (Å²) < 4.78 is 1.86. The highest BCUT2D eigenvalue weighted by atomic mass is 15.2. The maximum absolute atomic E-state index is 4.37. The Bertz CT molecular complexity index is 570. The Hall–Kier alpha value is -1.81. The van der Waals surface area contributed by atoms with E-state index in [1.54, 1.807) is 0 Å². The van der Waals surface area contributed by atoms with Crippen molar-refractivity contribution in [2.45, 2.75) is 33.9 Å².